The standard InChI is InChI=1S/C67H44N2/c1-4-18-45(19-5-1)48-34-39-53(47-20-6-2-7-21-47)65(42-48)68(51-36-32-46(33-37-51)49-35-40-59-58-27-13-17-31-64(58)69(66(59)43-49)50-22-8-3-9-23-50)52-38-41-57-56-26-12-16-30-62(56)67(63(57)44-52)60-28-14-10-24-54(60)55-25-11-15-29-61(55)67/h1-44H. The minimum atomic E-state index is -0.473. The largest absolute Gasteiger partial charge is 0.310 e. The van der Waals surface area contributed by atoms with Crippen molar-refractivity contribution in [3.63, 3.8) is 0 Å². The van der Waals surface area contributed by atoms with Crippen molar-refractivity contribution in [3.8, 4) is 61.3 Å². The van der Waals surface area contributed by atoms with Crippen LogP contribution >= 0.6 is 0 Å². The van der Waals surface area contributed by atoms with Gasteiger partial charge < -0.3 is 9.47 Å². The normalized spacial score (nSPS) is 12.8. The second-order valence-electron chi connectivity index (χ2n) is 18.4. The second kappa shape index (κ2) is 15.6. The maximum absolute atomic E-state index is 2.50. The van der Waals surface area contributed by atoms with Crippen LogP contribution in [0.2, 0.25) is 0 Å². The van der Waals surface area contributed by atoms with Gasteiger partial charge in [-0.15, -0.1) is 0 Å². The van der Waals surface area contributed by atoms with Gasteiger partial charge in [-0.1, -0.05) is 212 Å². The highest BCUT2D eigenvalue weighted by atomic mass is 15.1. The summed E-state index contributed by atoms with van der Waals surface area (Å²) in [6.45, 7) is 0. The first-order valence-corrected chi connectivity index (χ1v) is 23.9. The summed E-state index contributed by atoms with van der Waals surface area (Å²) in [5, 5.41) is 2.50. The summed E-state index contributed by atoms with van der Waals surface area (Å²) in [5.41, 5.74) is 23.9. The number of aromatic nitrogens is 1. The molecule has 0 aliphatic heterocycles. The Hall–Kier alpha value is -8.98. The third kappa shape index (κ3) is 5.92. The molecule has 0 unspecified atom stereocenters. The zero-order chi connectivity index (χ0) is 45.5. The van der Waals surface area contributed by atoms with Crippen LogP contribution in [0.15, 0.2) is 267 Å². The molecule has 1 heterocycles. The van der Waals surface area contributed by atoms with Crippen LogP contribution in [-0.2, 0) is 5.41 Å². The minimum Gasteiger partial charge on any atom is -0.310 e. The predicted molar refractivity (Wildman–Crippen MR) is 288 cm³/mol. The van der Waals surface area contributed by atoms with E-state index in [1.165, 1.54) is 83.0 Å². The van der Waals surface area contributed by atoms with E-state index >= 15 is 0 Å². The van der Waals surface area contributed by atoms with Crippen molar-refractivity contribution >= 4 is 38.9 Å². The smallest absolute Gasteiger partial charge is 0.0726 e. The molecule has 0 fully saturated rings. The Morgan fingerprint density at radius 3 is 1.41 bits per heavy atom. The lowest BCUT2D eigenvalue weighted by atomic mass is 9.70. The highest BCUT2D eigenvalue weighted by molar-refractivity contribution is 6.10. The van der Waals surface area contributed by atoms with Crippen molar-refractivity contribution < 1.29 is 0 Å². The average Bonchev–Trinajstić information content (AvgIpc) is 4.03. The molecular formula is C67H44N2. The fourth-order valence-corrected chi connectivity index (χ4v) is 11.8. The fourth-order valence-electron chi connectivity index (χ4n) is 11.8. The van der Waals surface area contributed by atoms with Gasteiger partial charge in [0, 0.05) is 33.4 Å². The van der Waals surface area contributed by atoms with Crippen LogP contribution in [0.1, 0.15) is 22.3 Å². The molecular weight excluding hydrogens is 833 g/mol. The van der Waals surface area contributed by atoms with E-state index in [0.29, 0.717) is 0 Å². The number of rotatable bonds is 7. The van der Waals surface area contributed by atoms with Crippen LogP contribution in [0.5, 0.6) is 0 Å². The zero-order valence-electron chi connectivity index (χ0n) is 37.8. The molecule has 0 radical (unpaired) electrons. The van der Waals surface area contributed by atoms with Crippen molar-refractivity contribution in [1.29, 1.82) is 0 Å². The Morgan fingerprint density at radius 2 is 0.739 bits per heavy atom. The lowest BCUT2D eigenvalue weighted by Gasteiger charge is -2.33. The zero-order valence-corrected chi connectivity index (χ0v) is 37.8. The second-order valence-corrected chi connectivity index (χ2v) is 18.4. The summed E-state index contributed by atoms with van der Waals surface area (Å²) >= 11 is 0. The first-order chi connectivity index (χ1) is 34.2. The molecule has 2 nitrogen and oxygen atoms in total. The van der Waals surface area contributed by atoms with Crippen molar-refractivity contribution in [2.75, 3.05) is 4.90 Å². The Balaban J connectivity index is 0.993. The number of para-hydroxylation sites is 2. The van der Waals surface area contributed by atoms with Gasteiger partial charge in [-0.2, -0.15) is 0 Å². The van der Waals surface area contributed by atoms with Crippen molar-refractivity contribution in [3.05, 3.63) is 289 Å². The SMILES string of the molecule is c1ccc(-c2ccc(-c3ccccc3)c(N(c3ccc(-c4ccc5c6ccccc6n(-c6ccccc6)c5c4)cc3)c3ccc4c(c3)C3(c5ccccc5-c5ccccc53)c3ccccc3-4)c2)cc1. The summed E-state index contributed by atoms with van der Waals surface area (Å²) < 4.78 is 2.40. The molecule has 14 rings (SSSR count). The van der Waals surface area contributed by atoms with E-state index < -0.39 is 5.41 Å². The van der Waals surface area contributed by atoms with E-state index in [1.54, 1.807) is 0 Å². The monoisotopic (exact) mass is 876 g/mol. The van der Waals surface area contributed by atoms with Gasteiger partial charge in [-0.25, -0.2) is 0 Å². The maximum atomic E-state index is 2.50. The molecule has 0 atom stereocenters. The molecule has 0 saturated carbocycles. The molecule has 0 amide bonds. The Labute approximate surface area is 402 Å². The summed E-state index contributed by atoms with van der Waals surface area (Å²) in [6.07, 6.45) is 0. The molecule has 2 heteroatoms. The fraction of sp³-hybridized carbons (Fsp3) is 0.0149. The predicted octanol–water partition coefficient (Wildman–Crippen LogP) is 17.6. The summed E-state index contributed by atoms with van der Waals surface area (Å²) in [6, 6.07) is 98.6. The molecule has 322 valence electrons. The molecule has 0 bridgehead atoms. The van der Waals surface area contributed by atoms with E-state index in [4.69, 9.17) is 0 Å². The van der Waals surface area contributed by atoms with Crippen LogP contribution < -0.4 is 4.90 Å². The minimum absolute atomic E-state index is 0.473. The van der Waals surface area contributed by atoms with Gasteiger partial charge in [0.15, 0.2) is 0 Å². The Kier molecular flexibility index (Phi) is 8.84. The van der Waals surface area contributed by atoms with Crippen LogP contribution in [-0.4, -0.2) is 4.57 Å². The molecule has 12 aromatic rings. The lowest BCUT2D eigenvalue weighted by Crippen LogP contribution is -2.26. The van der Waals surface area contributed by atoms with Crippen molar-refractivity contribution in [1.82, 2.24) is 4.57 Å². The van der Waals surface area contributed by atoms with Crippen LogP contribution in [0.3, 0.4) is 0 Å². The van der Waals surface area contributed by atoms with Crippen molar-refractivity contribution in [2.45, 2.75) is 5.41 Å². The number of nitrogens with zero attached hydrogens (tertiary/aromatic N) is 2. The van der Waals surface area contributed by atoms with Gasteiger partial charge >= 0.3 is 0 Å². The molecule has 2 aliphatic rings. The number of benzene rings is 11. The van der Waals surface area contributed by atoms with Gasteiger partial charge in [-0.05, 0) is 127 Å². The van der Waals surface area contributed by atoms with E-state index in [1.807, 2.05) is 0 Å². The third-order valence-corrected chi connectivity index (χ3v) is 14.8. The molecule has 1 aromatic heterocycles. The first kappa shape index (κ1) is 39.2. The quantitative estimate of drug-likeness (QED) is 0.155. The summed E-state index contributed by atoms with van der Waals surface area (Å²) in [5.74, 6) is 0. The number of hydrogen-bond donors (Lipinski definition) is 0. The third-order valence-electron chi connectivity index (χ3n) is 14.8. The maximum Gasteiger partial charge on any atom is 0.0726 e. The first-order valence-electron chi connectivity index (χ1n) is 23.9. The Morgan fingerprint density at radius 1 is 0.275 bits per heavy atom. The molecule has 69 heavy (non-hydrogen) atoms. The van der Waals surface area contributed by atoms with Crippen LogP contribution in [0, 0.1) is 0 Å². The molecule has 1 spiro atoms. The van der Waals surface area contributed by atoms with E-state index in [-0.39, 0.29) is 0 Å². The molecule has 0 saturated heterocycles. The van der Waals surface area contributed by atoms with E-state index in [2.05, 4.69) is 276 Å². The van der Waals surface area contributed by atoms with Crippen LogP contribution in [0.25, 0.3) is 83.1 Å². The summed E-state index contributed by atoms with van der Waals surface area (Å²) in [7, 11) is 0. The number of hydrogen-bond acceptors (Lipinski definition) is 1. The van der Waals surface area contributed by atoms with Gasteiger partial charge in [0.05, 0.1) is 22.1 Å². The topological polar surface area (TPSA) is 8.17 Å². The van der Waals surface area contributed by atoms with Crippen molar-refractivity contribution in [2.24, 2.45) is 0 Å². The Bertz CT molecular complexity index is 3880. The highest BCUT2D eigenvalue weighted by Gasteiger charge is 2.51. The lowest BCUT2D eigenvalue weighted by molar-refractivity contribution is 0.793. The summed E-state index contributed by atoms with van der Waals surface area (Å²) in [4.78, 5) is 2.50. The van der Waals surface area contributed by atoms with Gasteiger partial charge in [0.1, 0.15) is 0 Å². The molecule has 0 N–H and O–H groups in total. The van der Waals surface area contributed by atoms with Crippen LogP contribution in [0.4, 0.5) is 17.1 Å². The van der Waals surface area contributed by atoms with Gasteiger partial charge in [-0.3, -0.25) is 0 Å². The highest BCUT2D eigenvalue weighted by Crippen LogP contribution is 2.63. The van der Waals surface area contributed by atoms with Gasteiger partial charge in [0.25, 0.3) is 0 Å². The van der Waals surface area contributed by atoms with E-state index in [9.17, 15) is 0 Å². The average molecular weight is 877 g/mol. The molecule has 11 aromatic carbocycles. The molecule has 2 aliphatic carbocycles. The number of anilines is 3. The van der Waals surface area contributed by atoms with E-state index in [0.717, 1.165) is 39.4 Å². The van der Waals surface area contributed by atoms with Gasteiger partial charge in [0.2, 0.25) is 0 Å². The number of fused-ring (bicyclic) bond motifs is 13.